The maximum Gasteiger partial charge on any atom is 0.302 e. The maximum absolute atomic E-state index is 11.3. The van der Waals surface area contributed by atoms with Crippen molar-refractivity contribution >= 4 is 21.7 Å². The molecular formula is C7H12N4O2S. The van der Waals surface area contributed by atoms with Gasteiger partial charge in [0.15, 0.2) is 0 Å². The van der Waals surface area contributed by atoms with Crippen molar-refractivity contribution in [3.05, 3.63) is 18.3 Å². The Hall–Kier alpha value is -1.34. The first-order valence-corrected chi connectivity index (χ1v) is 5.27. The first-order valence-electron chi connectivity index (χ1n) is 3.83. The molecule has 0 amide bonds. The molecule has 1 aromatic heterocycles. The zero-order chi connectivity index (χ0) is 10.8. The molecule has 0 aliphatic carbocycles. The molecule has 1 rings (SSSR count). The van der Waals surface area contributed by atoms with E-state index in [1.54, 1.807) is 6.07 Å². The van der Waals surface area contributed by atoms with Crippen molar-refractivity contribution in [2.24, 2.45) is 0 Å². The molecule has 0 aliphatic rings. The van der Waals surface area contributed by atoms with Gasteiger partial charge in [0, 0.05) is 14.1 Å². The summed E-state index contributed by atoms with van der Waals surface area (Å²) in [7, 11) is -0.624. The van der Waals surface area contributed by atoms with Crippen LogP contribution in [0.5, 0.6) is 0 Å². The van der Waals surface area contributed by atoms with Crippen LogP contribution in [0.15, 0.2) is 18.3 Å². The van der Waals surface area contributed by atoms with Crippen molar-refractivity contribution in [2.75, 3.05) is 24.6 Å². The van der Waals surface area contributed by atoms with Crippen LogP contribution in [0, 0.1) is 0 Å². The van der Waals surface area contributed by atoms with Gasteiger partial charge in [0.05, 0.1) is 11.9 Å². The van der Waals surface area contributed by atoms with Crippen LogP contribution in [0.1, 0.15) is 0 Å². The van der Waals surface area contributed by atoms with Crippen molar-refractivity contribution in [1.29, 1.82) is 0 Å². The molecule has 3 N–H and O–H groups in total. The van der Waals surface area contributed by atoms with Gasteiger partial charge in [-0.2, -0.15) is 12.7 Å². The van der Waals surface area contributed by atoms with Crippen LogP contribution in [-0.2, 0) is 10.2 Å². The average Bonchev–Trinajstić information content (AvgIpc) is 2.08. The quantitative estimate of drug-likeness (QED) is 0.737. The Morgan fingerprint density at radius 2 is 2.07 bits per heavy atom. The summed E-state index contributed by atoms with van der Waals surface area (Å²) < 4.78 is 26.0. The highest BCUT2D eigenvalue weighted by atomic mass is 32.2. The van der Waals surface area contributed by atoms with E-state index >= 15 is 0 Å². The van der Waals surface area contributed by atoms with Crippen molar-refractivity contribution in [3.63, 3.8) is 0 Å². The van der Waals surface area contributed by atoms with Crippen LogP contribution < -0.4 is 10.5 Å². The molecule has 0 fully saturated rings. The summed E-state index contributed by atoms with van der Waals surface area (Å²) in [5.74, 6) is 0.243. The predicted molar refractivity (Wildman–Crippen MR) is 54.9 cm³/mol. The molecule has 0 atom stereocenters. The van der Waals surface area contributed by atoms with Gasteiger partial charge in [0.25, 0.3) is 0 Å². The van der Waals surface area contributed by atoms with E-state index in [1.807, 2.05) is 0 Å². The fraction of sp³-hybridized carbons (Fsp3) is 0.286. The third-order valence-corrected chi connectivity index (χ3v) is 2.93. The minimum Gasteiger partial charge on any atom is -0.397 e. The van der Waals surface area contributed by atoms with E-state index in [0.29, 0.717) is 5.69 Å². The molecule has 0 spiro atoms. The second-order valence-electron chi connectivity index (χ2n) is 2.87. The molecule has 0 unspecified atom stereocenters. The molecule has 0 bridgehead atoms. The Morgan fingerprint density at radius 3 is 2.50 bits per heavy atom. The number of anilines is 2. The fourth-order valence-electron chi connectivity index (χ4n) is 0.689. The van der Waals surface area contributed by atoms with Crippen molar-refractivity contribution in [3.8, 4) is 0 Å². The largest absolute Gasteiger partial charge is 0.397 e. The van der Waals surface area contributed by atoms with Crippen molar-refractivity contribution in [2.45, 2.75) is 0 Å². The molecular weight excluding hydrogens is 204 g/mol. The SMILES string of the molecule is CN(C)S(=O)(=O)Nc1ccc(N)cn1. The molecule has 1 heterocycles. The zero-order valence-corrected chi connectivity index (χ0v) is 8.75. The highest BCUT2D eigenvalue weighted by Gasteiger charge is 2.12. The highest BCUT2D eigenvalue weighted by molar-refractivity contribution is 7.90. The summed E-state index contributed by atoms with van der Waals surface area (Å²) in [4.78, 5) is 3.80. The van der Waals surface area contributed by atoms with Crippen LogP contribution in [0.4, 0.5) is 11.5 Å². The van der Waals surface area contributed by atoms with Crippen LogP contribution >= 0.6 is 0 Å². The van der Waals surface area contributed by atoms with Gasteiger partial charge in [0.1, 0.15) is 5.82 Å². The van der Waals surface area contributed by atoms with Gasteiger partial charge in [-0.15, -0.1) is 0 Å². The zero-order valence-electron chi connectivity index (χ0n) is 7.93. The van der Waals surface area contributed by atoms with Gasteiger partial charge >= 0.3 is 10.2 Å². The van der Waals surface area contributed by atoms with E-state index in [0.717, 1.165) is 4.31 Å². The summed E-state index contributed by atoms with van der Waals surface area (Å²) in [5, 5.41) is 0. The Bertz CT molecular complexity index is 398. The lowest BCUT2D eigenvalue weighted by molar-refractivity contribution is 0.526. The summed E-state index contributed by atoms with van der Waals surface area (Å²) in [6.07, 6.45) is 1.38. The number of nitrogens with one attached hydrogen (secondary N) is 1. The van der Waals surface area contributed by atoms with E-state index in [1.165, 1.54) is 26.4 Å². The molecule has 7 heteroatoms. The Labute approximate surface area is 82.9 Å². The molecule has 0 aliphatic heterocycles. The third kappa shape index (κ3) is 2.57. The first-order chi connectivity index (χ1) is 6.42. The summed E-state index contributed by atoms with van der Waals surface area (Å²) >= 11 is 0. The Morgan fingerprint density at radius 1 is 1.43 bits per heavy atom. The second kappa shape index (κ2) is 3.81. The minimum atomic E-state index is -3.48. The number of hydrogen-bond acceptors (Lipinski definition) is 4. The predicted octanol–water partition coefficient (Wildman–Crippen LogP) is -0.118. The number of nitrogens with two attached hydrogens (primary N) is 1. The average molecular weight is 216 g/mol. The summed E-state index contributed by atoms with van der Waals surface area (Å²) in [6, 6.07) is 3.07. The van der Waals surface area contributed by atoms with Crippen LogP contribution in [0.3, 0.4) is 0 Å². The summed E-state index contributed by atoms with van der Waals surface area (Å²) in [5.41, 5.74) is 5.88. The lowest BCUT2D eigenvalue weighted by atomic mass is 10.4. The van der Waals surface area contributed by atoms with Crippen LogP contribution in [0.2, 0.25) is 0 Å². The molecule has 6 nitrogen and oxygen atoms in total. The first kappa shape index (κ1) is 10.7. The van der Waals surface area contributed by atoms with Gasteiger partial charge in [-0.1, -0.05) is 0 Å². The van der Waals surface area contributed by atoms with Gasteiger partial charge in [-0.3, -0.25) is 4.72 Å². The lowest BCUT2D eigenvalue weighted by Gasteiger charge is -2.12. The van der Waals surface area contributed by atoms with E-state index in [-0.39, 0.29) is 5.82 Å². The van der Waals surface area contributed by atoms with Gasteiger partial charge in [0.2, 0.25) is 0 Å². The number of aromatic nitrogens is 1. The number of hydrogen-bond donors (Lipinski definition) is 2. The van der Waals surface area contributed by atoms with E-state index < -0.39 is 10.2 Å². The Kier molecular flexibility index (Phi) is 2.92. The minimum absolute atomic E-state index is 0.243. The highest BCUT2D eigenvalue weighted by Crippen LogP contribution is 2.08. The molecule has 14 heavy (non-hydrogen) atoms. The fourth-order valence-corrected chi connectivity index (χ4v) is 1.26. The lowest BCUT2D eigenvalue weighted by Crippen LogP contribution is -2.29. The Balaban J connectivity index is 2.85. The smallest absolute Gasteiger partial charge is 0.302 e. The monoisotopic (exact) mass is 216 g/mol. The molecule has 1 aromatic rings. The topological polar surface area (TPSA) is 88.3 Å². The molecule has 0 aromatic carbocycles. The number of nitrogens with zero attached hydrogens (tertiary/aromatic N) is 2. The maximum atomic E-state index is 11.3. The van der Waals surface area contributed by atoms with Gasteiger partial charge in [-0.05, 0) is 12.1 Å². The van der Waals surface area contributed by atoms with E-state index in [4.69, 9.17) is 5.73 Å². The number of nitrogen functional groups attached to an aromatic ring is 1. The van der Waals surface area contributed by atoms with Crippen molar-refractivity contribution in [1.82, 2.24) is 9.29 Å². The molecule has 0 saturated carbocycles. The normalized spacial score (nSPS) is 11.6. The van der Waals surface area contributed by atoms with Crippen molar-refractivity contribution < 1.29 is 8.42 Å². The summed E-state index contributed by atoms with van der Waals surface area (Å²) in [6.45, 7) is 0. The standard InChI is InChI=1S/C7H12N4O2S/c1-11(2)14(12,13)10-7-4-3-6(8)5-9-7/h3-5H,8H2,1-2H3,(H,9,10). The van der Waals surface area contributed by atoms with Crippen LogP contribution in [-0.4, -0.2) is 31.8 Å². The van der Waals surface area contributed by atoms with Gasteiger partial charge < -0.3 is 5.73 Å². The number of pyridine rings is 1. The number of rotatable bonds is 3. The second-order valence-corrected chi connectivity index (χ2v) is 4.75. The third-order valence-electron chi connectivity index (χ3n) is 1.50. The van der Waals surface area contributed by atoms with Gasteiger partial charge in [-0.25, -0.2) is 4.98 Å². The van der Waals surface area contributed by atoms with E-state index in [2.05, 4.69) is 9.71 Å². The van der Waals surface area contributed by atoms with Crippen LogP contribution in [0.25, 0.3) is 0 Å². The van der Waals surface area contributed by atoms with E-state index in [9.17, 15) is 8.42 Å². The molecule has 0 saturated heterocycles. The molecule has 78 valence electrons. The molecule has 0 radical (unpaired) electrons.